The predicted octanol–water partition coefficient (Wildman–Crippen LogP) is 3.00. The normalized spacial score (nSPS) is 11.3. The lowest BCUT2D eigenvalue weighted by Gasteiger charge is -2.08. The molecule has 6 heteroatoms. The van der Waals surface area contributed by atoms with Crippen LogP contribution in [0.5, 0.6) is 0 Å². The fourth-order valence-electron chi connectivity index (χ4n) is 1.86. The van der Waals surface area contributed by atoms with Gasteiger partial charge in [-0.1, -0.05) is 34.1 Å². The predicted molar refractivity (Wildman–Crippen MR) is 89.3 cm³/mol. The van der Waals surface area contributed by atoms with Gasteiger partial charge in [-0.3, -0.25) is 9.71 Å². The summed E-state index contributed by atoms with van der Waals surface area (Å²) < 4.78 is 26.7. The minimum Gasteiger partial charge on any atom is -0.284 e. The van der Waals surface area contributed by atoms with E-state index in [9.17, 15) is 8.42 Å². The number of nitrogens with zero attached hydrogens (tertiary/aromatic N) is 1. The minimum absolute atomic E-state index is 0.0210. The molecular formula is C15H17BrN2O2S. The molecule has 1 aromatic heterocycles. The van der Waals surface area contributed by atoms with Gasteiger partial charge in [0.1, 0.15) is 0 Å². The molecule has 0 amide bonds. The summed E-state index contributed by atoms with van der Waals surface area (Å²) in [7, 11) is -3.36. The van der Waals surface area contributed by atoms with E-state index >= 15 is 0 Å². The lowest BCUT2D eigenvalue weighted by Crippen LogP contribution is -2.18. The zero-order chi connectivity index (χ0) is 15.1. The van der Waals surface area contributed by atoms with E-state index in [2.05, 4.69) is 25.6 Å². The molecule has 1 heterocycles. The molecule has 112 valence electrons. The van der Waals surface area contributed by atoms with Gasteiger partial charge in [-0.05, 0) is 36.2 Å². The Balaban J connectivity index is 1.94. The van der Waals surface area contributed by atoms with Crippen molar-refractivity contribution in [2.45, 2.75) is 12.8 Å². The van der Waals surface area contributed by atoms with Crippen LogP contribution < -0.4 is 4.72 Å². The standard InChI is InChI=1S/C15H17BrN2O2S/c16-10-8-13-4-6-15(7-5-13)18-21(19,20)12-9-14-3-1-2-11-17-14/h1-7,11,18H,8-10,12H2. The summed E-state index contributed by atoms with van der Waals surface area (Å²) >= 11 is 3.38. The summed E-state index contributed by atoms with van der Waals surface area (Å²) in [5.74, 6) is 0.0210. The Kier molecular flexibility index (Phi) is 5.76. The smallest absolute Gasteiger partial charge is 0.233 e. The molecule has 0 atom stereocenters. The number of pyridine rings is 1. The number of nitrogens with one attached hydrogen (secondary N) is 1. The van der Waals surface area contributed by atoms with Gasteiger partial charge in [0.15, 0.2) is 0 Å². The van der Waals surface area contributed by atoms with Gasteiger partial charge in [-0.2, -0.15) is 0 Å². The second-order valence-corrected chi connectivity index (χ2v) is 7.26. The lowest BCUT2D eigenvalue weighted by molar-refractivity contribution is 0.600. The van der Waals surface area contributed by atoms with Crippen molar-refractivity contribution in [2.24, 2.45) is 0 Å². The molecule has 2 rings (SSSR count). The highest BCUT2D eigenvalue weighted by atomic mass is 79.9. The van der Waals surface area contributed by atoms with Crippen LogP contribution in [0.4, 0.5) is 5.69 Å². The summed E-state index contributed by atoms with van der Waals surface area (Å²) in [4.78, 5) is 4.12. The van der Waals surface area contributed by atoms with Gasteiger partial charge in [0, 0.05) is 29.3 Å². The number of benzene rings is 1. The fraction of sp³-hybridized carbons (Fsp3) is 0.267. The Morgan fingerprint density at radius 3 is 2.43 bits per heavy atom. The Hall–Kier alpha value is -1.40. The highest BCUT2D eigenvalue weighted by Crippen LogP contribution is 2.13. The van der Waals surface area contributed by atoms with Crippen molar-refractivity contribution in [1.29, 1.82) is 0 Å². The molecule has 1 aromatic carbocycles. The van der Waals surface area contributed by atoms with Crippen LogP contribution in [0.3, 0.4) is 0 Å². The number of hydrogen-bond acceptors (Lipinski definition) is 3. The van der Waals surface area contributed by atoms with Gasteiger partial charge in [0.05, 0.1) is 5.75 Å². The first-order valence-electron chi connectivity index (χ1n) is 6.64. The van der Waals surface area contributed by atoms with E-state index in [0.717, 1.165) is 17.4 Å². The molecule has 0 aliphatic heterocycles. The summed E-state index contributed by atoms with van der Waals surface area (Å²) in [6.45, 7) is 0. The molecule has 0 spiro atoms. The van der Waals surface area contributed by atoms with E-state index in [0.29, 0.717) is 12.1 Å². The van der Waals surface area contributed by atoms with Crippen molar-refractivity contribution in [3.05, 3.63) is 59.9 Å². The molecule has 0 bridgehead atoms. The number of hydrogen-bond donors (Lipinski definition) is 1. The molecule has 0 aliphatic rings. The van der Waals surface area contributed by atoms with E-state index in [-0.39, 0.29) is 5.75 Å². The third-order valence-electron chi connectivity index (χ3n) is 2.96. The van der Waals surface area contributed by atoms with Crippen molar-refractivity contribution < 1.29 is 8.42 Å². The van der Waals surface area contributed by atoms with Gasteiger partial charge >= 0.3 is 0 Å². The van der Waals surface area contributed by atoms with Crippen LogP contribution in [0.15, 0.2) is 48.7 Å². The van der Waals surface area contributed by atoms with Gasteiger partial charge in [-0.25, -0.2) is 8.42 Å². The first kappa shape index (κ1) is 16.0. The van der Waals surface area contributed by atoms with E-state index in [1.165, 1.54) is 5.56 Å². The van der Waals surface area contributed by atoms with Crippen LogP contribution in [-0.4, -0.2) is 24.5 Å². The van der Waals surface area contributed by atoms with Crippen LogP contribution in [0.2, 0.25) is 0 Å². The van der Waals surface area contributed by atoms with Crippen molar-refractivity contribution in [3.63, 3.8) is 0 Å². The van der Waals surface area contributed by atoms with Gasteiger partial charge in [0.2, 0.25) is 10.0 Å². The molecule has 0 saturated carbocycles. The van der Waals surface area contributed by atoms with Crippen LogP contribution in [0, 0.1) is 0 Å². The maximum Gasteiger partial charge on any atom is 0.233 e. The monoisotopic (exact) mass is 368 g/mol. The zero-order valence-electron chi connectivity index (χ0n) is 11.5. The van der Waals surface area contributed by atoms with Gasteiger partial charge in [-0.15, -0.1) is 0 Å². The lowest BCUT2D eigenvalue weighted by atomic mass is 10.2. The second kappa shape index (κ2) is 7.56. The molecular weight excluding hydrogens is 352 g/mol. The van der Waals surface area contributed by atoms with Crippen molar-refractivity contribution in [1.82, 2.24) is 4.98 Å². The highest BCUT2D eigenvalue weighted by Gasteiger charge is 2.11. The molecule has 0 unspecified atom stereocenters. The number of halogens is 1. The summed E-state index contributed by atoms with van der Waals surface area (Å²) in [5, 5.41) is 0.891. The maximum absolute atomic E-state index is 12.0. The number of sulfonamides is 1. The van der Waals surface area contributed by atoms with E-state index < -0.39 is 10.0 Å². The first-order chi connectivity index (χ1) is 10.1. The van der Waals surface area contributed by atoms with Gasteiger partial charge in [0.25, 0.3) is 0 Å². The first-order valence-corrected chi connectivity index (χ1v) is 9.42. The molecule has 0 saturated heterocycles. The Morgan fingerprint density at radius 2 is 1.81 bits per heavy atom. The number of rotatable bonds is 7. The second-order valence-electron chi connectivity index (χ2n) is 4.63. The number of anilines is 1. The molecule has 4 nitrogen and oxygen atoms in total. The van der Waals surface area contributed by atoms with Crippen LogP contribution >= 0.6 is 15.9 Å². The van der Waals surface area contributed by atoms with E-state index in [1.54, 1.807) is 18.3 Å². The van der Waals surface area contributed by atoms with Crippen LogP contribution in [0.25, 0.3) is 0 Å². The molecule has 0 fully saturated rings. The molecule has 21 heavy (non-hydrogen) atoms. The molecule has 0 radical (unpaired) electrons. The zero-order valence-corrected chi connectivity index (χ0v) is 13.9. The highest BCUT2D eigenvalue weighted by molar-refractivity contribution is 9.09. The third-order valence-corrected chi connectivity index (χ3v) is 4.65. The molecule has 1 N–H and O–H groups in total. The quantitative estimate of drug-likeness (QED) is 0.764. The summed E-state index contributed by atoms with van der Waals surface area (Å²) in [6.07, 6.45) is 2.99. The summed E-state index contributed by atoms with van der Waals surface area (Å²) in [5.41, 5.74) is 2.54. The van der Waals surface area contributed by atoms with Gasteiger partial charge < -0.3 is 0 Å². The average molecular weight is 369 g/mol. The number of aromatic nitrogens is 1. The molecule has 2 aromatic rings. The van der Waals surface area contributed by atoms with E-state index in [4.69, 9.17) is 0 Å². The topological polar surface area (TPSA) is 59.1 Å². The maximum atomic E-state index is 12.0. The fourth-order valence-corrected chi connectivity index (χ4v) is 3.40. The minimum atomic E-state index is -3.36. The van der Waals surface area contributed by atoms with Crippen molar-refractivity contribution in [2.75, 3.05) is 15.8 Å². The van der Waals surface area contributed by atoms with Crippen LogP contribution in [-0.2, 0) is 22.9 Å². The largest absolute Gasteiger partial charge is 0.284 e. The SMILES string of the molecule is O=S(=O)(CCc1ccccn1)Nc1ccc(CCBr)cc1. The van der Waals surface area contributed by atoms with E-state index in [1.807, 2.05) is 30.3 Å². The Bertz CT molecular complexity index is 658. The number of alkyl halides is 1. The Morgan fingerprint density at radius 1 is 1.05 bits per heavy atom. The van der Waals surface area contributed by atoms with Crippen LogP contribution in [0.1, 0.15) is 11.3 Å². The third kappa shape index (κ3) is 5.47. The Labute approximate surface area is 133 Å². The van der Waals surface area contributed by atoms with Crippen molar-refractivity contribution in [3.8, 4) is 0 Å². The summed E-state index contributed by atoms with van der Waals surface area (Å²) in [6, 6.07) is 12.9. The molecule has 0 aliphatic carbocycles. The average Bonchev–Trinajstić information content (AvgIpc) is 2.48. The van der Waals surface area contributed by atoms with Crippen molar-refractivity contribution >= 4 is 31.6 Å². The number of aryl methyl sites for hydroxylation is 2.